The number of fused-ring (bicyclic) bond motifs is 1. The van der Waals surface area contributed by atoms with Crippen LogP contribution in [0.4, 0.5) is 17.1 Å². The topological polar surface area (TPSA) is 21.8 Å². The van der Waals surface area contributed by atoms with Crippen LogP contribution < -0.4 is 15.3 Å². The third-order valence-corrected chi connectivity index (χ3v) is 4.50. The van der Waals surface area contributed by atoms with Gasteiger partial charge < -0.3 is 15.2 Å². The van der Waals surface area contributed by atoms with E-state index < -0.39 is 0 Å². The number of hydrogen-bond donors (Lipinski definition) is 1. The van der Waals surface area contributed by atoms with Gasteiger partial charge in [0.05, 0.1) is 5.69 Å². The number of nitrogens with zero attached hydrogens (tertiary/aromatic N) is 3. The van der Waals surface area contributed by atoms with Gasteiger partial charge >= 0.3 is 0 Å². The Hall–Kier alpha value is -2.72. The van der Waals surface area contributed by atoms with Gasteiger partial charge in [0.25, 0.3) is 0 Å². The monoisotopic (exact) mass is 318 g/mol. The second-order valence-corrected chi connectivity index (χ2v) is 6.24. The summed E-state index contributed by atoms with van der Waals surface area (Å²) in [6.07, 6.45) is 8.00. The standard InChI is InChI=1S/C20H22N4/c1-22-13-14-23(18-7-3-2-4-8-18)20-10-9-19(15-17(20)16-22)24-12-6-5-11-21-24/h2-12,15,21H,13-14,16H2,1H3. The highest BCUT2D eigenvalue weighted by Crippen LogP contribution is 2.33. The molecule has 24 heavy (non-hydrogen) atoms. The molecule has 4 rings (SSSR count). The van der Waals surface area contributed by atoms with Crippen molar-refractivity contribution in [1.29, 1.82) is 0 Å². The van der Waals surface area contributed by atoms with E-state index in [1.165, 1.54) is 16.9 Å². The summed E-state index contributed by atoms with van der Waals surface area (Å²) in [5, 5.41) is 2.04. The van der Waals surface area contributed by atoms with Crippen LogP contribution in [0.3, 0.4) is 0 Å². The van der Waals surface area contributed by atoms with Crippen LogP contribution in [-0.4, -0.2) is 25.0 Å². The van der Waals surface area contributed by atoms with E-state index >= 15 is 0 Å². The lowest BCUT2D eigenvalue weighted by molar-refractivity contribution is 0.343. The molecular formula is C20H22N4. The largest absolute Gasteiger partial charge is 0.340 e. The zero-order valence-electron chi connectivity index (χ0n) is 13.9. The van der Waals surface area contributed by atoms with Gasteiger partial charge in [-0.15, -0.1) is 0 Å². The first kappa shape index (κ1) is 14.8. The van der Waals surface area contributed by atoms with E-state index in [2.05, 4.69) is 70.8 Å². The van der Waals surface area contributed by atoms with Crippen molar-refractivity contribution in [2.24, 2.45) is 0 Å². The van der Waals surface area contributed by atoms with Crippen LogP contribution in [0.5, 0.6) is 0 Å². The predicted molar refractivity (Wildman–Crippen MR) is 100 cm³/mol. The predicted octanol–water partition coefficient (Wildman–Crippen LogP) is 3.62. The van der Waals surface area contributed by atoms with Crippen LogP contribution in [0.15, 0.2) is 73.1 Å². The average molecular weight is 318 g/mol. The van der Waals surface area contributed by atoms with E-state index in [9.17, 15) is 0 Å². The highest BCUT2D eigenvalue weighted by molar-refractivity contribution is 5.70. The minimum atomic E-state index is 0.958. The number of para-hydroxylation sites is 1. The van der Waals surface area contributed by atoms with Gasteiger partial charge in [0, 0.05) is 43.4 Å². The van der Waals surface area contributed by atoms with Crippen molar-refractivity contribution in [3.05, 3.63) is 78.6 Å². The molecule has 0 saturated heterocycles. The fourth-order valence-corrected chi connectivity index (χ4v) is 3.27. The van der Waals surface area contributed by atoms with Gasteiger partial charge in [-0.05, 0) is 55.1 Å². The molecule has 2 aliphatic rings. The lowest BCUT2D eigenvalue weighted by Gasteiger charge is -2.27. The molecule has 0 unspecified atom stereocenters. The summed E-state index contributed by atoms with van der Waals surface area (Å²) < 4.78 is 0. The molecule has 0 spiro atoms. The summed E-state index contributed by atoms with van der Waals surface area (Å²) in [6.45, 7) is 3.00. The van der Waals surface area contributed by atoms with Crippen molar-refractivity contribution in [2.45, 2.75) is 6.54 Å². The SMILES string of the molecule is CN1CCN(c2ccccc2)c2ccc(N3C=CC=CN3)cc2C1. The maximum Gasteiger partial charge on any atom is 0.0627 e. The third-order valence-electron chi connectivity index (χ3n) is 4.50. The third kappa shape index (κ3) is 2.88. The average Bonchev–Trinajstić information content (AvgIpc) is 2.80. The maximum atomic E-state index is 3.25. The first-order chi connectivity index (χ1) is 11.8. The highest BCUT2D eigenvalue weighted by Gasteiger charge is 2.20. The molecular weight excluding hydrogens is 296 g/mol. The van der Waals surface area contributed by atoms with E-state index in [-0.39, 0.29) is 0 Å². The van der Waals surface area contributed by atoms with E-state index in [0.29, 0.717) is 0 Å². The summed E-state index contributed by atoms with van der Waals surface area (Å²) in [6, 6.07) is 17.3. The minimum absolute atomic E-state index is 0.958. The number of likely N-dealkylation sites (N-methyl/N-ethyl adjacent to an activating group) is 1. The van der Waals surface area contributed by atoms with E-state index in [1.54, 1.807) is 0 Å². The Balaban J connectivity index is 1.73. The molecule has 0 atom stereocenters. The summed E-state index contributed by atoms with van der Waals surface area (Å²) >= 11 is 0. The summed E-state index contributed by atoms with van der Waals surface area (Å²) in [5.41, 5.74) is 8.30. The van der Waals surface area contributed by atoms with Crippen molar-refractivity contribution in [3.63, 3.8) is 0 Å². The highest BCUT2D eigenvalue weighted by atomic mass is 15.5. The Morgan fingerprint density at radius 1 is 0.917 bits per heavy atom. The van der Waals surface area contributed by atoms with Gasteiger partial charge in [0.15, 0.2) is 0 Å². The number of benzene rings is 2. The fraction of sp³-hybridized carbons (Fsp3) is 0.200. The molecule has 4 heteroatoms. The number of anilines is 3. The Morgan fingerprint density at radius 3 is 2.58 bits per heavy atom. The van der Waals surface area contributed by atoms with Crippen LogP contribution in [0.25, 0.3) is 0 Å². The molecule has 122 valence electrons. The zero-order valence-corrected chi connectivity index (χ0v) is 13.9. The second kappa shape index (κ2) is 6.42. The number of hydrazine groups is 1. The first-order valence-corrected chi connectivity index (χ1v) is 8.34. The van der Waals surface area contributed by atoms with Gasteiger partial charge in [-0.25, -0.2) is 0 Å². The maximum absolute atomic E-state index is 3.25. The van der Waals surface area contributed by atoms with Crippen LogP contribution in [0.1, 0.15) is 5.56 Å². The van der Waals surface area contributed by atoms with Gasteiger partial charge in [-0.3, -0.25) is 5.01 Å². The zero-order chi connectivity index (χ0) is 16.4. The van der Waals surface area contributed by atoms with Crippen molar-refractivity contribution in [3.8, 4) is 0 Å². The Bertz CT molecular complexity index is 766. The van der Waals surface area contributed by atoms with Crippen molar-refractivity contribution >= 4 is 17.1 Å². The fourth-order valence-electron chi connectivity index (χ4n) is 3.27. The number of hydrogen-bond acceptors (Lipinski definition) is 4. The molecule has 2 aliphatic heterocycles. The van der Waals surface area contributed by atoms with Crippen molar-refractivity contribution in [2.75, 3.05) is 30.0 Å². The molecule has 4 nitrogen and oxygen atoms in total. The summed E-state index contributed by atoms with van der Waals surface area (Å²) in [4.78, 5) is 4.80. The van der Waals surface area contributed by atoms with Gasteiger partial charge in [0.2, 0.25) is 0 Å². The molecule has 0 bridgehead atoms. The van der Waals surface area contributed by atoms with Gasteiger partial charge in [-0.2, -0.15) is 0 Å². The van der Waals surface area contributed by atoms with E-state index in [4.69, 9.17) is 0 Å². The first-order valence-electron chi connectivity index (χ1n) is 8.34. The van der Waals surface area contributed by atoms with Crippen LogP contribution >= 0.6 is 0 Å². The minimum Gasteiger partial charge on any atom is -0.340 e. The molecule has 0 saturated carbocycles. The summed E-state index contributed by atoms with van der Waals surface area (Å²) in [7, 11) is 2.19. The Kier molecular flexibility index (Phi) is 3.97. The van der Waals surface area contributed by atoms with Crippen LogP contribution in [0.2, 0.25) is 0 Å². The number of nitrogens with one attached hydrogen (secondary N) is 1. The Labute approximate surface area is 143 Å². The molecule has 2 aromatic rings. The molecule has 0 amide bonds. The number of allylic oxidation sites excluding steroid dienone is 2. The quantitative estimate of drug-likeness (QED) is 0.913. The van der Waals surface area contributed by atoms with Crippen LogP contribution in [0, 0.1) is 0 Å². The Morgan fingerprint density at radius 2 is 1.79 bits per heavy atom. The summed E-state index contributed by atoms with van der Waals surface area (Å²) in [5.74, 6) is 0. The molecule has 2 aromatic carbocycles. The smallest absolute Gasteiger partial charge is 0.0627 e. The molecule has 0 fully saturated rings. The van der Waals surface area contributed by atoms with Crippen molar-refractivity contribution < 1.29 is 0 Å². The van der Waals surface area contributed by atoms with Crippen LogP contribution in [-0.2, 0) is 6.54 Å². The normalized spacial score (nSPS) is 17.4. The van der Waals surface area contributed by atoms with Crippen molar-refractivity contribution in [1.82, 2.24) is 10.3 Å². The molecule has 2 heterocycles. The molecule has 0 aromatic heterocycles. The van der Waals surface area contributed by atoms with E-state index in [1.807, 2.05) is 29.6 Å². The molecule has 0 radical (unpaired) electrons. The lowest BCUT2D eigenvalue weighted by atomic mass is 10.1. The van der Waals surface area contributed by atoms with Gasteiger partial charge in [-0.1, -0.05) is 18.2 Å². The van der Waals surface area contributed by atoms with Gasteiger partial charge in [0.1, 0.15) is 0 Å². The van der Waals surface area contributed by atoms with E-state index in [0.717, 1.165) is 25.3 Å². The molecule has 0 aliphatic carbocycles. The lowest BCUT2D eigenvalue weighted by Crippen LogP contribution is -2.30. The number of rotatable bonds is 2. The second-order valence-electron chi connectivity index (χ2n) is 6.24. The molecule has 1 N–H and O–H groups in total.